The van der Waals surface area contributed by atoms with Crippen LogP contribution < -0.4 is 9.47 Å². The number of aliphatic carboxylic acids is 1. The first-order chi connectivity index (χ1) is 12.4. The minimum Gasteiger partial charge on any atom is -0.497 e. The van der Waals surface area contributed by atoms with Crippen molar-refractivity contribution in [2.24, 2.45) is 0 Å². The molecule has 0 bridgehead atoms. The predicted octanol–water partition coefficient (Wildman–Crippen LogP) is 3.14. The van der Waals surface area contributed by atoms with Gasteiger partial charge in [-0.2, -0.15) is 0 Å². The number of ether oxygens (including phenoxy) is 2. The van der Waals surface area contributed by atoms with E-state index in [0.717, 1.165) is 27.4 Å². The molecule has 0 spiro atoms. The Kier molecular flexibility index (Phi) is 5.15. The third kappa shape index (κ3) is 3.38. The Bertz CT molecular complexity index is 949. The molecule has 1 aliphatic heterocycles. The maximum absolute atomic E-state index is 12.5. The molecule has 6 nitrogen and oxygen atoms in total. The number of hydrogen-bond donors (Lipinski definition) is 1. The lowest BCUT2D eigenvalue weighted by atomic mass is 10.0. The number of rotatable bonds is 5. The highest BCUT2D eigenvalue weighted by molar-refractivity contribution is 8.26. The quantitative estimate of drug-likeness (QED) is 0.622. The van der Waals surface area contributed by atoms with Crippen LogP contribution in [-0.2, 0) is 9.59 Å². The Morgan fingerprint density at radius 3 is 2.65 bits per heavy atom. The summed E-state index contributed by atoms with van der Waals surface area (Å²) in [6.07, 6.45) is 1.68. The maximum Gasteiger partial charge on any atom is 0.323 e. The number of carbonyl (C=O) groups excluding carboxylic acids is 1. The van der Waals surface area contributed by atoms with Crippen molar-refractivity contribution in [1.82, 2.24) is 4.90 Å². The van der Waals surface area contributed by atoms with Crippen molar-refractivity contribution < 1.29 is 24.2 Å². The van der Waals surface area contributed by atoms with Gasteiger partial charge < -0.3 is 14.6 Å². The largest absolute Gasteiger partial charge is 0.497 e. The smallest absolute Gasteiger partial charge is 0.323 e. The van der Waals surface area contributed by atoms with Crippen LogP contribution in [0.4, 0.5) is 0 Å². The molecule has 0 unspecified atom stereocenters. The number of carboxylic acids is 1. The standard InChI is InChI=1S/C18H15NO5S2/c1-23-11-5-3-10-4-6-14(24-2)13(12(10)7-11)8-15-17(22)19(9-16(20)21)18(25)26-15/h3-8H,9H2,1-2H3,(H,20,21). The minimum atomic E-state index is -1.12. The summed E-state index contributed by atoms with van der Waals surface area (Å²) < 4.78 is 11.0. The van der Waals surface area contributed by atoms with Crippen molar-refractivity contribution in [2.75, 3.05) is 20.8 Å². The van der Waals surface area contributed by atoms with Crippen LogP contribution in [0.1, 0.15) is 5.56 Å². The zero-order chi connectivity index (χ0) is 18.8. The van der Waals surface area contributed by atoms with Crippen LogP contribution in [0, 0.1) is 0 Å². The second-order valence-electron chi connectivity index (χ2n) is 5.43. The van der Waals surface area contributed by atoms with E-state index in [1.165, 1.54) is 0 Å². The van der Waals surface area contributed by atoms with Gasteiger partial charge in [0.25, 0.3) is 5.91 Å². The van der Waals surface area contributed by atoms with Crippen molar-refractivity contribution in [3.05, 3.63) is 40.8 Å². The van der Waals surface area contributed by atoms with E-state index in [2.05, 4.69) is 0 Å². The second-order valence-corrected chi connectivity index (χ2v) is 7.11. The lowest BCUT2D eigenvalue weighted by molar-refractivity contribution is -0.140. The Labute approximate surface area is 159 Å². The van der Waals surface area contributed by atoms with Crippen molar-refractivity contribution in [2.45, 2.75) is 0 Å². The number of fused-ring (bicyclic) bond motifs is 1. The van der Waals surface area contributed by atoms with Gasteiger partial charge in [-0.05, 0) is 35.0 Å². The van der Waals surface area contributed by atoms with Gasteiger partial charge in [0.1, 0.15) is 22.4 Å². The third-order valence-electron chi connectivity index (χ3n) is 3.89. The van der Waals surface area contributed by atoms with Crippen LogP contribution >= 0.6 is 24.0 Å². The van der Waals surface area contributed by atoms with Gasteiger partial charge in [-0.25, -0.2) is 0 Å². The number of methoxy groups -OCH3 is 2. The number of thiocarbonyl (C=S) groups is 1. The van der Waals surface area contributed by atoms with E-state index in [9.17, 15) is 9.59 Å². The Morgan fingerprint density at radius 1 is 1.27 bits per heavy atom. The van der Waals surface area contributed by atoms with Gasteiger partial charge >= 0.3 is 5.97 Å². The molecule has 2 aromatic rings. The van der Waals surface area contributed by atoms with Crippen LogP contribution in [-0.4, -0.2) is 47.0 Å². The molecule has 1 N–H and O–H groups in total. The topological polar surface area (TPSA) is 76.1 Å². The fourth-order valence-corrected chi connectivity index (χ4v) is 3.90. The molecule has 26 heavy (non-hydrogen) atoms. The molecule has 0 saturated carbocycles. The number of amides is 1. The Morgan fingerprint density at radius 2 is 2.00 bits per heavy atom. The van der Waals surface area contributed by atoms with E-state index in [1.807, 2.05) is 30.3 Å². The number of hydrogen-bond acceptors (Lipinski definition) is 6. The van der Waals surface area contributed by atoms with Crippen molar-refractivity contribution in [1.29, 1.82) is 0 Å². The molecule has 0 radical (unpaired) electrons. The molecule has 0 atom stereocenters. The highest BCUT2D eigenvalue weighted by Crippen LogP contribution is 2.37. The third-order valence-corrected chi connectivity index (χ3v) is 5.27. The monoisotopic (exact) mass is 389 g/mol. The molecular weight excluding hydrogens is 374 g/mol. The van der Waals surface area contributed by atoms with Crippen LogP contribution in [0.15, 0.2) is 35.2 Å². The molecule has 8 heteroatoms. The van der Waals surface area contributed by atoms with Crippen molar-refractivity contribution in [3.8, 4) is 11.5 Å². The van der Waals surface area contributed by atoms with Gasteiger partial charge in [0.15, 0.2) is 0 Å². The molecule has 1 fully saturated rings. The summed E-state index contributed by atoms with van der Waals surface area (Å²) in [6, 6.07) is 9.37. The summed E-state index contributed by atoms with van der Waals surface area (Å²) in [7, 11) is 3.13. The van der Waals surface area contributed by atoms with Crippen LogP contribution in [0.3, 0.4) is 0 Å². The highest BCUT2D eigenvalue weighted by atomic mass is 32.2. The Hall–Kier alpha value is -2.58. The fourth-order valence-electron chi connectivity index (χ4n) is 2.66. The van der Waals surface area contributed by atoms with Crippen molar-refractivity contribution >= 4 is 57.0 Å². The van der Waals surface area contributed by atoms with Gasteiger partial charge in [-0.15, -0.1) is 0 Å². The lowest BCUT2D eigenvalue weighted by Gasteiger charge is -2.11. The van der Waals surface area contributed by atoms with Gasteiger partial charge in [-0.1, -0.05) is 36.1 Å². The molecule has 1 amide bonds. The van der Waals surface area contributed by atoms with E-state index < -0.39 is 18.4 Å². The predicted molar refractivity (Wildman–Crippen MR) is 105 cm³/mol. The minimum absolute atomic E-state index is 0.223. The molecular formula is C18H15NO5S2. The number of nitrogens with zero attached hydrogens (tertiary/aromatic N) is 1. The molecule has 2 aromatic carbocycles. The number of benzene rings is 2. The zero-order valence-corrected chi connectivity index (χ0v) is 15.6. The number of carbonyl (C=O) groups is 2. The average molecular weight is 389 g/mol. The number of carboxylic acid groups (broad SMARTS) is 1. The normalized spacial score (nSPS) is 15.8. The van der Waals surface area contributed by atoms with Crippen molar-refractivity contribution in [3.63, 3.8) is 0 Å². The van der Waals surface area contributed by atoms with E-state index >= 15 is 0 Å². The van der Waals surface area contributed by atoms with E-state index in [0.29, 0.717) is 22.0 Å². The first-order valence-electron chi connectivity index (χ1n) is 7.56. The molecule has 134 valence electrons. The van der Waals surface area contributed by atoms with Crippen LogP contribution in [0.2, 0.25) is 0 Å². The summed E-state index contributed by atoms with van der Waals surface area (Å²) in [6.45, 7) is -0.456. The highest BCUT2D eigenvalue weighted by Gasteiger charge is 2.33. The second kappa shape index (κ2) is 7.35. The van der Waals surface area contributed by atoms with Gasteiger partial charge in [0.05, 0.1) is 19.1 Å². The van der Waals surface area contributed by atoms with Crippen LogP contribution in [0.5, 0.6) is 11.5 Å². The maximum atomic E-state index is 12.5. The average Bonchev–Trinajstić information content (AvgIpc) is 2.88. The first kappa shape index (κ1) is 18.2. The van der Waals surface area contributed by atoms with Gasteiger partial charge in [-0.3, -0.25) is 14.5 Å². The molecule has 0 aromatic heterocycles. The summed E-state index contributed by atoms with van der Waals surface area (Å²) in [5.74, 6) is -0.271. The fraction of sp³-hybridized carbons (Fsp3) is 0.167. The summed E-state index contributed by atoms with van der Waals surface area (Å²) in [5, 5.41) is 10.8. The van der Waals surface area contributed by atoms with E-state index in [-0.39, 0.29) is 4.32 Å². The van der Waals surface area contributed by atoms with E-state index in [1.54, 1.807) is 20.3 Å². The molecule has 1 aliphatic rings. The zero-order valence-electron chi connectivity index (χ0n) is 14.0. The number of thioether (sulfide) groups is 1. The van der Waals surface area contributed by atoms with Crippen LogP contribution in [0.25, 0.3) is 16.8 Å². The molecule has 3 rings (SSSR count). The summed E-state index contributed by atoms with van der Waals surface area (Å²) in [5.41, 5.74) is 0.708. The summed E-state index contributed by atoms with van der Waals surface area (Å²) in [4.78, 5) is 24.9. The SMILES string of the molecule is COc1ccc2ccc(OC)c(C=C3SC(=S)N(CC(=O)O)C3=O)c2c1. The lowest BCUT2D eigenvalue weighted by Crippen LogP contribution is -2.33. The van der Waals surface area contributed by atoms with E-state index in [4.69, 9.17) is 26.8 Å². The first-order valence-corrected chi connectivity index (χ1v) is 8.79. The van der Waals surface area contributed by atoms with Gasteiger partial charge in [0.2, 0.25) is 0 Å². The summed E-state index contributed by atoms with van der Waals surface area (Å²) >= 11 is 6.21. The molecule has 1 saturated heterocycles. The Balaban J connectivity index is 2.12. The molecule has 0 aliphatic carbocycles. The molecule has 1 heterocycles. The van der Waals surface area contributed by atoms with Gasteiger partial charge in [0, 0.05) is 5.56 Å².